The van der Waals surface area contributed by atoms with Crippen molar-refractivity contribution in [3.05, 3.63) is 0 Å². The number of hydrogen-bond donors (Lipinski definition) is 1. The third-order valence-electron chi connectivity index (χ3n) is 2.02. The first-order chi connectivity index (χ1) is 4.34. The van der Waals surface area contributed by atoms with Crippen LogP contribution < -0.4 is 5.73 Å². The van der Waals surface area contributed by atoms with Crippen LogP contribution in [0.15, 0.2) is 4.99 Å². The summed E-state index contributed by atoms with van der Waals surface area (Å²) in [7, 11) is 0. The topological polar surface area (TPSA) is 38.4 Å². The zero-order valence-electron chi connectivity index (χ0n) is 5.71. The molecule has 2 nitrogen and oxygen atoms in total. The summed E-state index contributed by atoms with van der Waals surface area (Å²) in [5.41, 5.74) is 5.76. The fraction of sp³-hybridized carbons (Fsp3) is 0.857. The van der Waals surface area contributed by atoms with E-state index in [1.807, 2.05) is 0 Å². The summed E-state index contributed by atoms with van der Waals surface area (Å²) in [6, 6.07) is 0.634. The van der Waals surface area contributed by atoms with Gasteiger partial charge in [-0.2, -0.15) is 0 Å². The predicted molar refractivity (Wildman–Crippen MR) is 39.8 cm³/mol. The Morgan fingerprint density at radius 2 is 2.00 bits per heavy atom. The monoisotopic (exact) mass is 126 g/mol. The van der Waals surface area contributed by atoms with Crippen molar-refractivity contribution in [2.45, 2.75) is 37.8 Å². The molecule has 2 N–H and O–H groups in total. The van der Waals surface area contributed by atoms with Gasteiger partial charge in [-0.3, -0.25) is 4.99 Å². The molecule has 0 radical (unpaired) electrons. The van der Waals surface area contributed by atoms with Gasteiger partial charge in [0.25, 0.3) is 0 Å². The van der Waals surface area contributed by atoms with E-state index in [4.69, 9.17) is 5.73 Å². The molecule has 1 saturated carbocycles. The summed E-state index contributed by atoms with van der Waals surface area (Å²) in [6.45, 7) is 3.50. The van der Waals surface area contributed by atoms with Crippen LogP contribution in [-0.2, 0) is 0 Å². The van der Waals surface area contributed by atoms with Gasteiger partial charge in [0, 0.05) is 6.04 Å². The van der Waals surface area contributed by atoms with Crippen molar-refractivity contribution >= 4 is 6.72 Å². The Kier molecular flexibility index (Phi) is 2.22. The van der Waals surface area contributed by atoms with Gasteiger partial charge in [0.05, 0.1) is 6.04 Å². The van der Waals surface area contributed by atoms with E-state index in [1.54, 1.807) is 0 Å². The lowest BCUT2D eigenvalue weighted by Gasteiger charge is -2.24. The first-order valence-corrected chi connectivity index (χ1v) is 3.56. The molecule has 0 aromatic carbocycles. The van der Waals surface area contributed by atoms with Crippen molar-refractivity contribution in [2.24, 2.45) is 10.7 Å². The van der Waals surface area contributed by atoms with Crippen LogP contribution in [0.3, 0.4) is 0 Å². The molecule has 0 unspecified atom stereocenters. The van der Waals surface area contributed by atoms with E-state index in [2.05, 4.69) is 11.7 Å². The minimum Gasteiger partial charge on any atom is -0.326 e. The Morgan fingerprint density at radius 3 is 2.44 bits per heavy atom. The van der Waals surface area contributed by atoms with Crippen molar-refractivity contribution in [3.8, 4) is 0 Å². The van der Waals surface area contributed by atoms with Gasteiger partial charge in [-0.15, -0.1) is 0 Å². The number of rotatable bonds is 1. The van der Waals surface area contributed by atoms with E-state index < -0.39 is 0 Å². The Hall–Kier alpha value is -0.370. The zero-order chi connectivity index (χ0) is 6.69. The van der Waals surface area contributed by atoms with Crippen molar-refractivity contribution < 1.29 is 0 Å². The lowest BCUT2D eigenvalue weighted by molar-refractivity contribution is 0.388. The second kappa shape index (κ2) is 2.97. The molecule has 9 heavy (non-hydrogen) atoms. The molecule has 0 spiro atoms. The molecule has 1 aliphatic carbocycles. The first kappa shape index (κ1) is 6.75. The predicted octanol–water partition coefficient (Wildman–Crippen LogP) is 0.957. The molecule has 0 saturated heterocycles. The van der Waals surface area contributed by atoms with Gasteiger partial charge in [0.2, 0.25) is 0 Å². The Bertz CT molecular complexity index is 101. The SMILES string of the molecule is C=N[C@H]1CCCC[C@@H]1N. The molecular formula is C7H14N2. The quantitative estimate of drug-likeness (QED) is 0.522. The van der Waals surface area contributed by atoms with Crippen LogP contribution in [0.1, 0.15) is 25.7 Å². The summed E-state index contributed by atoms with van der Waals surface area (Å²) in [6.07, 6.45) is 4.82. The third kappa shape index (κ3) is 1.52. The standard InChI is InChI=1S/C7H14N2/c1-9-7-5-3-2-4-6(7)8/h6-7H,1-5,8H2/t6-,7-/m0/s1. The lowest BCUT2D eigenvalue weighted by Crippen LogP contribution is -2.35. The van der Waals surface area contributed by atoms with E-state index in [0.717, 1.165) is 12.8 Å². The van der Waals surface area contributed by atoms with Crippen LogP contribution >= 0.6 is 0 Å². The van der Waals surface area contributed by atoms with E-state index in [1.165, 1.54) is 12.8 Å². The van der Waals surface area contributed by atoms with Gasteiger partial charge in [0.1, 0.15) is 0 Å². The summed E-state index contributed by atoms with van der Waals surface area (Å²) < 4.78 is 0. The van der Waals surface area contributed by atoms with Crippen LogP contribution in [0, 0.1) is 0 Å². The molecule has 2 heteroatoms. The summed E-state index contributed by atoms with van der Waals surface area (Å²) in [5.74, 6) is 0. The van der Waals surface area contributed by atoms with Gasteiger partial charge in [-0.25, -0.2) is 0 Å². The Morgan fingerprint density at radius 1 is 1.33 bits per heavy atom. The molecular weight excluding hydrogens is 112 g/mol. The number of nitrogens with zero attached hydrogens (tertiary/aromatic N) is 1. The third-order valence-corrected chi connectivity index (χ3v) is 2.02. The molecule has 52 valence electrons. The first-order valence-electron chi connectivity index (χ1n) is 3.56. The molecule has 1 rings (SSSR count). The maximum atomic E-state index is 5.76. The summed E-state index contributed by atoms with van der Waals surface area (Å²) in [5, 5.41) is 0. The highest BCUT2D eigenvalue weighted by Crippen LogP contribution is 2.18. The Balaban J connectivity index is 2.38. The van der Waals surface area contributed by atoms with Gasteiger partial charge in [-0.1, -0.05) is 12.8 Å². The molecule has 1 fully saturated rings. The van der Waals surface area contributed by atoms with Crippen molar-refractivity contribution in [3.63, 3.8) is 0 Å². The van der Waals surface area contributed by atoms with Crippen molar-refractivity contribution in [1.82, 2.24) is 0 Å². The molecule has 1 aliphatic rings. The highest BCUT2D eigenvalue weighted by atomic mass is 14.8. The molecule has 0 aromatic heterocycles. The fourth-order valence-electron chi connectivity index (χ4n) is 1.37. The number of aliphatic imine (C=N–C) groups is 1. The van der Waals surface area contributed by atoms with Gasteiger partial charge < -0.3 is 5.73 Å². The number of nitrogens with two attached hydrogens (primary N) is 1. The van der Waals surface area contributed by atoms with Gasteiger partial charge in [-0.05, 0) is 19.6 Å². The van der Waals surface area contributed by atoms with Crippen molar-refractivity contribution in [2.75, 3.05) is 0 Å². The molecule has 0 aliphatic heterocycles. The van der Waals surface area contributed by atoms with Crippen LogP contribution in [-0.4, -0.2) is 18.8 Å². The van der Waals surface area contributed by atoms with Crippen molar-refractivity contribution in [1.29, 1.82) is 0 Å². The number of hydrogen-bond acceptors (Lipinski definition) is 2. The van der Waals surface area contributed by atoms with Crippen LogP contribution in [0.25, 0.3) is 0 Å². The van der Waals surface area contributed by atoms with E-state index in [9.17, 15) is 0 Å². The summed E-state index contributed by atoms with van der Waals surface area (Å²) >= 11 is 0. The fourth-order valence-corrected chi connectivity index (χ4v) is 1.37. The average Bonchev–Trinajstić information content (AvgIpc) is 1.89. The van der Waals surface area contributed by atoms with E-state index >= 15 is 0 Å². The zero-order valence-corrected chi connectivity index (χ0v) is 5.71. The van der Waals surface area contributed by atoms with E-state index in [0.29, 0.717) is 6.04 Å². The normalized spacial score (nSPS) is 36.1. The average molecular weight is 126 g/mol. The summed E-state index contributed by atoms with van der Waals surface area (Å²) in [4.78, 5) is 3.95. The van der Waals surface area contributed by atoms with Gasteiger partial charge >= 0.3 is 0 Å². The van der Waals surface area contributed by atoms with Crippen LogP contribution in [0.4, 0.5) is 0 Å². The molecule has 0 bridgehead atoms. The lowest BCUT2D eigenvalue weighted by atomic mass is 9.92. The maximum absolute atomic E-state index is 5.76. The highest BCUT2D eigenvalue weighted by Gasteiger charge is 2.19. The molecule has 0 aromatic rings. The molecule has 2 atom stereocenters. The largest absolute Gasteiger partial charge is 0.326 e. The Labute approximate surface area is 56.2 Å². The molecule has 0 heterocycles. The minimum atomic E-state index is 0.288. The van der Waals surface area contributed by atoms with Crippen LogP contribution in [0.5, 0.6) is 0 Å². The highest BCUT2D eigenvalue weighted by molar-refractivity contribution is 5.24. The molecule has 0 amide bonds. The van der Waals surface area contributed by atoms with Crippen LogP contribution in [0.2, 0.25) is 0 Å². The second-order valence-electron chi connectivity index (χ2n) is 2.70. The second-order valence-corrected chi connectivity index (χ2v) is 2.70. The maximum Gasteiger partial charge on any atom is 0.0643 e. The van der Waals surface area contributed by atoms with E-state index in [-0.39, 0.29) is 6.04 Å². The minimum absolute atomic E-state index is 0.288. The van der Waals surface area contributed by atoms with Gasteiger partial charge in [0.15, 0.2) is 0 Å². The smallest absolute Gasteiger partial charge is 0.0643 e.